The van der Waals surface area contributed by atoms with Crippen LogP contribution >= 0.6 is 0 Å². The van der Waals surface area contributed by atoms with Crippen molar-refractivity contribution in [2.75, 3.05) is 0 Å². The maximum Gasteiger partial charge on any atom is 0.574 e. The molecule has 3 aliphatic carbocycles. The summed E-state index contributed by atoms with van der Waals surface area (Å²) in [6.07, 6.45) is -1.04. The van der Waals surface area contributed by atoms with E-state index in [1.165, 1.54) is 6.20 Å². The molecule has 3 fully saturated rings. The quantitative estimate of drug-likeness (QED) is 0.793. The first-order chi connectivity index (χ1) is 12.3. The van der Waals surface area contributed by atoms with E-state index in [0.717, 1.165) is 0 Å². The Labute approximate surface area is 156 Å². The molecule has 5 nitrogen and oxygen atoms in total. The number of carbonyl (C=O) groups is 1. The van der Waals surface area contributed by atoms with Crippen LogP contribution < -0.4 is 10.5 Å². The van der Waals surface area contributed by atoms with Crippen molar-refractivity contribution < 1.29 is 27.4 Å². The highest BCUT2D eigenvalue weighted by Crippen LogP contribution is 2.59. The summed E-state index contributed by atoms with van der Waals surface area (Å²) in [5, 5.41) is 0. The number of esters is 1. The Morgan fingerprint density at radius 2 is 1.85 bits per heavy atom. The minimum atomic E-state index is -4.85. The first-order valence-corrected chi connectivity index (χ1v) is 9.07. The molecule has 1 heterocycles. The minimum Gasteiger partial charge on any atom is -0.460 e. The van der Waals surface area contributed by atoms with Crippen LogP contribution in [0.15, 0.2) is 18.3 Å². The van der Waals surface area contributed by atoms with Crippen LogP contribution in [0.3, 0.4) is 0 Å². The normalized spacial score (nSPS) is 30.9. The highest BCUT2D eigenvalue weighted by Gasteiger charge is 2.58. The van der Waals surface area contributed by atoms with Gasteiger partial charge in [-0.2, -0.15) is 0 Å². The van der Waals surface area contributed by atoms with Gasteiger partial charge in [0.1, 0.15) is 5.60 Å². The molecule has 1 aromatic rings. The number of ether oxygens (including phenoxy) is 2. The zero-order valence-electron chi connectivity index (χ0n) is 15.7. The smallest absolute Gasteiger partial charge is 0.460 e. The summed E-state index contributed by atoms with van der Waals surface area (Å²) in [6, 6.07) is 3.11. The molecule has 1 unspecified atom stereocenters. The van der Waals surface area contributed by atoms with Crippen molar-refractivity contribution in [1.29, 1.82) is 0 Å². The number of hydrogen-bond donors (Lipinski definition) is 1. The van der Waals surface area contributed by atoms with Gasteiger partial charge >= 0.3 is 12.3 Å². The van der Waals surface area contributed by atoms with Gasteiger partial charge in [0.15, 0.2) is 0 Å². The highest BCUT2D eigenvalue weighted by atomic mass is 19.4. The van der Waals surface area contributed by atoms with Gasteiger partial charge in [-0.15, -0.1) is 13.2 Å². The van der Waals surface area contributed by atoms with Crippen molar-refractivity contribution in [3.63, 3.8) is 0 Å². The third-order valence-electron chi connectivity index (χ3n) is 5.65. The second-order valence-electron chi connectivity index (χ2n) is 8.72. The van der Waals surface area contributed by atoms with Gasteiger partial charge in [-0.3, -0.25) is 4.79 Å². The van der Waals surface area contributed by atoms with Crippen LogP contribution in [0.1, 0.15) is 64.4 Å². The summed E-state index contributed by atoms with van der Waals surface area (Å²) in [7, 11) is 0. The second-order valence-corrected chi connectivity index (χ2v) is 8.72. The Kier molecular flexibility index (Phi) is 4.69. The molecule has 27 heavy (non-hydrogen) atoms. The van der Waals surface area contributed by atoms with Crippen LogP contribution in [0.5, 0.6) is 5.88 Å². The minimum absolute atomic E-state index is 0.296. The fourth-order valence-corrected chi connectivity index (χ4v) is 4.30. The first-order valence-electron chi connectivity index (χ1n) is 9.07. The number of hydrogen-bond acceptors (Lipinski definition) is 5. The molecule has 3 saturated carbocycles. The molecule has 0 aliphatic heterocycles. The van der Waals surface area contributed by atoms with E-state index in [4.69, 9.17) is 10.5 Å². The molecule has 0 saturated heterocycles. The van der Waals surface area contributed by atoms with Crippen LogP contribution in [0.2, 0.25) is 0 Å². The van der Waals surface area contributed by atoms with Crippen molar-refractivity contribution in [1.82, 2.24) is 4.98 Å². The molecule has 0 spiro atoms. The average Bonchev–Trinajstić information content (AvgIpc) is 2.53. The molecule has 1 atom stereocenters. The van der Waals surface area contributed by atoms with E-state index in [-0.39, 0.29) is 5.97 Å². The van der Waals surface area contributed by atoms with Crippen LogP contribution in [0, 0.1) is 5.41 Å². The zero-order chi connectivity index (χ0) is 20.1. The number of rotatable bonds is 3. The Morgan fingerprint density at radius 3 is 2.41 bits per heavy atom. The van der Waals surface area contributed by atoms with Crippen molar-refractivity contribution in [3.05, 3.63) is 23.9 Å². The van der Waals surface area contributed by atoms with Gasteiger partial charge in [-0.05, 0) is 58.9 Å². The number of alkyl halides is 3. The van der Waals surface area contributed by atoms with E-state index in [9.17, 15) is 18.0 Å². The molecule has 2 N–H and O–H groups in total. The summed E-state index contributed by atoms with van der Waals surface area (Å²) in [6.45, 7) is 5.40. The molecule has 150 valence electrons. The van der Waals surface area contributed by atoms with Crippen molar-refractivity contribution >= 4 is 5.97 Å². The summed E-state index contributed by atoms with van der Waals surface area (Å²) in [5.74, 6) is -1.26. The molecular formula is C19H25F3N2O3. The maximum atomic E-state index is 12.9. The first kappa shape index (κ1) is 19.9. The van der Waals surface area contributed by atoms with Crippen LogP contribution in [-0.2, 0) is 9.53 Å². The third-order valence-corrected chi connectivity index (χ3v) is 5.65. The van der Waals surface area contributed by atoms with Gasteiger partial charge in [0, 0.05) is 23.2 Å². The lowest BCUT2D eigenvalue weighted by atomic mass is 9.52. The summed E-state index contributed by atoms with van der Waals surface area (Å²) >= 11 is 0. The van der Waals surface area contributed by atoms with Crippen LogP contribution in [-0.4, -0.2) is 28.5 Å². The second kappa shape index (κ2) is 6.36. The van der Waals surface area contributed by atoms with Gasteiger partial charge in [0.25, 0.3) is 0 Å². The van der Waals surface area contributed by atoms with Crippen molar-refractivity contribution in [2.45, 2.75) is 76.3 Å². The molecule has 1 aromatic heterocycles. The Hall–Kier alpha value is -1.83. The number of fused-ring (bicyclic) bond motifs is 3. The van der Waals surface area contributed by atoms with Gasteiger partial charge in [-0.1, -0.05) is 6.07 Å². The molecule has 2 bridgehead atoms. The fraction of sp³-hybridized carbons (Fsp3) is 0.684. The summed E-state index contributed by atoms with van der Waals surface area (Å²) in [5.41, 5.74) is 4.82. The van der Waals surface area contributed by atoms with Gasteiger partial charge < -0.3 is 15.2 Å². The van der Waals surface area contributed by atoms with E-state index >= 15 is 0 Å². The monoisotopic (exact) mass is 386 g/mol. The highest BCUT2D eigenvalue weighted by molar-refractivity contribution is 5.78. The van der Waals surface area contributed by atoms with E-state index in [1.807, 2.05) is 0 Å². The standard InChI is InChI=1S/C19H25F3N2O3/c1-16(2,3)27-15(25)17-6-8-18(23,9-7-17)13(11-17)12-5-4-10-24-14(12)26-19(20,21)22/h4-5,10,13H,6-9,11,23H2,1-3H3. The lowest BCUT2D eigenvalue weighted by Crippen LogP contribution is -2.59. The topological polar surface area (TPSA) is 74.4 Å². The lowest BCUT2D eigenvalue weighted by Gasteiger charge is -2.55. The van der Waals surface area contributed by atoms with Gasteiger partial charge in [-0.25, -0.2) is 4.98 Å². The summed E-state index contributed by atoms with van der Waals surface area (Å²) in [4.78, 5) is 16.7. The third kappa shape index (κ3) is 4.05. The van der Waals surface area contributed by atoms with Gasteiger partial charge in [0.05, 0.1) is 5.41 Å². The zero-order valence-corrected chi connectivity index (χ0v) is 15.7. The van der Waals surface area contributed by atoms with Crippen LogP contribution in [0.4, 0.5) is 13.2 Å². The van der Waals surface area contributed by atoms with Crippen molar-refractivity contribution in [3.8, 4) is 5.88 Å². The molecule has 0 radical (unpaired) electrons. The molecule has 8 heteroatoms. The SMILES string of the molecule is CC(C)(C)OC(=O)C12CCC(N)(CC1)C(c1cccnc1OC(F)(F)F)C2. The van der Waals surface area contributed by atoms with E-state index in [1.54, 1.807) is 32.9 Å². The number of pyridine rings is 1. The molecular weight excluding hydrogens is 361 g/mol. The van der Waals surface area contributed by atoms with E-state index < -0.39 is 34.7 Å². The molecule has 3 aliphatic rings. The largest absolute Gasteiger partial charge is 0.574 e. The van der Waals surface area contributed by atoms with Crippen molar-refractivity contribution in [2.24, 2.45) is 11.1 Å². The van der Waals surface area contributed by atoms with Gasteiger partial charge in [0.2, 0.25) is 5.88 Å². The Bertz CT molecular complexity index is 720. The molecule has 0 amide bonds. The summed E-state index contributed by atoms with van der Waals surface area (Å²) < 4.78 is 48.1. The predicted octanol–water partition coefficient (Wildman–Crippen LogP) is 4.07. The van der Waals surface area contributed by atoms with Crippen LogP contribution in [0.25, 0.3) is 0 Å². The average molecular weight is 386 g/mol. The maximum absolute atomic E-state index is 12.9. The number of aromatic nitrogens is 1. The lowest BCUT2D eigenvalue weighted by molar-refractivity contribution is -0.276. The fourth-order valence-electron chi connectivity index (χ4n) is 4.30. The predicted molar refractivity (Wildman–Crippen MR) is 91.9 cm³/mol. The Balaban J connectivity index is 1.94. The molecule has 0 aromatic carbocycles. The number of halogens is 3. The number of carbonyl (C=O) groups excluding carboxylic acids is 1. The number of nitrogens with two attached hydrogens (primary N) is 1. The van der Waals surface area contributed by atoms with E-state index in [2.05, 4.69) is 9.72 Å². The van der Waals surface area contributed by atoms with E-state index in [0.29, 0.717) is 37.7 Å². The number of nitrogens with zero attached hydrogens (tertiary/aromatic N) is 1. The Morgan fingerprint density at radius 1 is 1.22 bits per heavy atom. The molecule has 4 rings (SSSR count).